The maximum Gasteiger partial charge on any atom is 0.416 e. The Morgan fingerprint density at radius 1 is 0.912 bits per heavy atom. The van der Waals surface area contributed by atoms with Gasteiger partial charge in [0.05, 0.1) is 26.5 Å². The molecule has 0 aliphatic heterocycles. The number of nitrogens with zero attached hydrogens (tertiary/aromatic N) is 1. The van der Waals surface area contributed by atoms with E-state index in [0.29, 0.717) is 22.2 Å². The number of ether oxygens (including phenoxy) is 1. The van der Waals surface area contributed by atoms with Gasteiger partial charge in [-0.05, 0) is 80.3 Å². The van der Waals surface area contributed by atoms with Crippen LogP contribution in [-0.2, 0) is 16.2 Å². The van der Waals surface area contributed by atoms with E-state index < -0.39 is 27.8 Å². The van der Waals surface area contributed by atoms with Crippen molar-refractivity contribution in [2.24, 2.45) is 0 Å². The second-order valence-electron chi connectivity index (χ2n) is 7.71. The Morgan fingerprint density at radius 3 is 1.97 bits per heavy atom. The lowest BCUT2D eigenvalue weighted by Gasteiger charge is -2.23. The molecule has 1 N–H and O–H groups in total. The number of halogens is 5. The molecule has 0 aliphatic rings. The van der Waals surface area contributed by atoms with Crippen molar-refractivity contribution in [1.29, 1.82) is 0 Å². The van der Waals surface area contributed by atoms with E-state index in [9.17, 15) is 21.6 Å². The first-order valence-electron chi connectivity index (χ1n) is 9.92. The molecule has 3 aromatic carbocycles. The van der Waals surface area contributed by atoms with E-state index in [0.717, 1.165) is 12.1 Å². The van der Waals surface area contributed by atoms with Gasteiger partial charge in [-0.2, -0.15) is 13.2 Å². The summed E-state index contributed by atoms with van der Waals surface area (Å²) < 4.78 is 72.3. The lowest BCUT2D eigenvalue weighted by atomic mass is 10.1. The number of sulfonamides is 1. The minimum absolute atomic E-state index is 0.00362. The van der Waals surface area contributed by atoms with Gasteiger partial charge in [0.2, 0.25) is 10.0 Å². The first-order chi connectivity index (χ1) is 15.8. The van der Waals surface area contributed by atoms with Crippen LogP contribution in [0.15, 0.2) is 71.6 Å². The van der Waals surface area contributed by atoms with Crippen molar-refractivity contribution in [1.82, 2.24) is 9.62 Å². The van der Waals surface area contributed by atoms with Crippen molar-refractivity contribution in [2.45, 2.75) is 17.1 Å². The topological polar surface area (TPSA) is 58.6 Å². The standard InChI is InChI=1S/C23H21Cl2F3N2O3S/c1-30(2)14-22(15-3-12-20(24)21(25)13-15)29-34(31,32)19-10-8-18(9-11-19)33-17-6-4-16(5-7-17)23(26,27)28/h3-13,22,29H,14H2,1-2H3/t22-/m1/s1. The van der Waals surface area contributed by atoms with Gasteiger partial charge in [0.1, 0.15) is 11.5 Å². The summed E-state index contributed by atoms with van der Waals surface area (Å²) in [5.74, 6) is 0.459. The minimum Gasteiger partial charge on any atom is -0.457 e. The second kappa shape index (κ2) is 10.5. The third kappa shape index (κ3) is 6.86. The molecule has 0 unspecified atom stereocenters. The fourth-order valence-electron chi connectivity index (χ4n) is 3.10. The average Bonchev–Trinajstić information content (AvgIpc) is 2.75. The van der Waals surface area contributed by atoms with Crippen LogP contribution in [0.3, 0.4) is 0 Å². The number of alkyl halides is 3. The summed E-state index contributed by atoms with van der Waals surface area (Å²) in [6, 6.07) is 14.1. The highest BCUT2D eigenvalue weighted by atomic mass is 35.5. The summed E-state index contributed by atoms with van der Waals surface area (Å²) in [6.07, 6.45) is -4.44. The fraction of sp³-hybridized carbons (Fsp3) is 0.217. The lowest BCUT2D eigenvalue weighted by molar-refractivity contribution is -0.137. The Morgan fingerprint density at radius 2 is 1.47 bits per heavy atom. The third-order valence-electron chi connectivity index (χ3n) is 4.74. The summed E-state index contributed by atoms with van der Waals surface area (Å²) in [7, 11) is -0.298. The van der Waals surface area contributed by atoms with Gasteiger partial charge in [-0.25, -0.2) is 13.1 Å². The molecule has 0 saturated carbocycles. The zero-order valence-electron chi connectivity index (χ0n) is 18.1. The van der Waals surface area contributed by atoms with Crippen LogP contribution in [0.25, 0.3) is 0 Å². The van der Waals surface area contributed by atoms with E-state index >= 15 is 0 Å². The summed E-state index contributed by atoms with van der Waals surface area (Å²) in [5, 5.41) is 0.674. The maximum atomic E-state index is 13.0. The fourth-order valence-corrected chi connectivity index (χ4v) is 4.62. The molecule has 0 aromatic heterocycles. The van der Waals surface area contributed by atoms with Crippen LogP contribution in [-0.4, -0.2) is 34.0 Å². The van der Waals surface area contributed by atoms with Crippen LogP contribution >= 0.6 is 23.2 Å². The van der Waals surface area contributed by atoms with E-state index in [1.54, 1.807) is 18.2 Å². The number of nitrogens with one attached hydrogen (secondary N) is 1. The summed E-state index contributed by atoms with van der Waals surface area (Å²) >= 11 is 12.1. The summed E-state index contributed by atoms with van der Waals surface area (Å²) in [5.41, 5.74) is -0.143. The largest absolute Gasteiger partial charge is 0.457 e. The molecule has 3 aromatic rings. The molecule has 5 nitrogen and oxygen atoms in total. The number of hydrogen-bond acceptors (Lipinski definition) is 4. The van der Waals surface area contributed by atoms with E-state index in [-0.39, 0.29) is 16.4 Å². The highest BCUT2D eigenvalue weighted by Gasteiger charge is 2.30. The maximum absolute atomic E-state index is 13.0. The molecule has 0 spiro atoms. The highest BCUT2D eigenvalue weighted by Crippen LogP contribution is 2.32. The molecule has 0 heterocycles. The molecule has 0 fully saturated rings. The van der Waals surface area contributed by atoms with Crippen molar-refractivity contribution in [3.05, 3.63) is 87.9 Å². The number of likely N-dealkylation sites (N-methyl/N-ethyl adjacent to an activating group) is 1. The quantitative estimate of drug-likeness (QED) is 0.365. The van der Waals surface area contributed by atoms with Crippen LogP contribution in [0, 0.1) is 0 Å². The van der Waals surface area contributed by atoms with Gasteiger partial charge in [0.15, 0.2) is 0 Å². The molecule has 0 bridgehead atoms. The predicted molar refractivity (Wildman–Crippen MR) is 126 cm³/mol. The molecule has 11 heteroatoms. The molecule has 34 heavy (non-hydrogen) atoms. The zero-order chi connectivity index (χ0) is 25.1. The van der Waals surface area contributed by atoms with E-state index in [2.05, 4.69) is 4.72 Å². The molecule has 3 rings (SSSR count). The van der Waals surface area contributed by atoms with E-state index in [1.165, 1.54) is 36.4 Å². The Balaban J connectivity index is 1.76. The van der Waals surface area contributed by atoms with Gasteiger partial charge in [-0.1, -0.05) is 29.3 Å². The summed E-state index contributed by atoms with van der Waals surface area (Å²) in [6.45, 7) is 0.367. The average molecular weight is 533 g/mol. The van der Waals surface area contributed by atoms with Crippen molar-refractivity contribution in [2.75, 3.05) is 20.6 Å². The van der Waals surface area contributed by atoms with Gasteiger partial charge in [-0.15, -0.1) is 0 Å². The van der Waals surface area contributed by atoms with Crippen molar-refractivity contribution < 1.29 is 26.3 Å². The number of benzene rings is 3. The second-order valence-corrected chi connectivity index (χ2v) is 10.2. The van der Waals surface area contributed by atoms with Crippen molar-refractivity contribution >= 4 is 33.2 Å². The van der Waals surface area contributed by atoms with Crippen LogP contribution < -0.4 is 9.46 Å². The first kappa shape index (κ1) is 26.3. The molecule has 0 amide bonds. The predicted octanol–water partition coefficient (Wildman–Crippen LogP) is 6.39. The third-order valence-corrected chi connectivity index (χ3v) is 6.97. The smallest absolute Gasteiger partial charge is 0.416 e. The first-order valence-corrected chi connectivity index (χ1v) is 12.2. The Kier molecular flexibility index (Phi) is 8.15. The van der Waals surface area contributed by atoms with Crippen LogP contribution in [0.5, 0.6) is 11.5 Å². The SMILES string of the molecule is CN(C)C[C@@H](NS(=O)(=O)c1ccc(Oc2ccc(C(F)(F)F)cc2)cc1)c1ccc(Cl)c(Cl)c1. The van der Waals surface area contributed by atoms with Gasteiger partial charge in [0.25, 0.3) is 0 Å². The Hall–Kier alpha value is -2.30. The zero-order valence-corrected chi connectivity index (χ0v) is 20.4. The normalized spacial score (nSPS) is 13.2. The highest BCUT2D eigenvalue weighted by molar-refractivity contribution is 7.89. The lowest BCUT2D eigenvalue weighted by Crippen LogP contribution is -2.35. The molecule has 0 saturated heterocycles. The van der Waals surface area contributed by atoms with Crippen LogP contribution in [0.4, 0.5) is 13.2 Å². The number of hydrogen-bond donors (Lipinski definition) is 1. The molecule has 1 atom stereocenters. The minimum atomic E-state index is -4.44. The molecule has 0 aliphatic carbocycles. The number of rotatable bonds is 8. The summed E-state index contributed by atoms with van der Waals surface area (Å²) in [4.78, 5) is 1.83. The molecule has 0 radical (unpaired) electrons. The van der Waals surface area contributed by atoms with Crippen molar-refractivity contribution in [3.8, 4) is 11.5 Å². The van der Waals surface area contributed by atoms with E-state index in [1.807, 2.05) is 19.0 Å². The van der Waals surface area contributed by atoms with Gasteiger partial charge in [-0.3, -0.25) is 0 Å². The Labute approximate surface area is 206 Å². The van der Waals surface area contributed by atoms with E-state index in [4.69, 9.17) is 27.9 Å². The van der Waals surface area contributed by atoms with Crippen LogP contribution in [0.2, 0.25) is 10.0 Å². The van der Waals surface area contributed by atoms with Gasteiger partial charge in [0, 0.05) is 6.54 Å². The molecular formula is C23H21Cl2F3N2O3S. The monoisotopic (exact) mass is 532 g/mol. The Bertz CT molecular complexity index is 1230. The van der Waals surface area contributed by atoms with Gasteiger partial charge >= 0.3 is 6.18 Å². The molecule has 182 valence electrons. The van der Waals surface area contributed by atoms with Gasteiger partial charge < -0.3 is 9.64 Å². The van der Waals surface area contributed by atoms with Crippen molar-refractivity contribution in [3.63, 3.8) is 0 Å². The molecular weight excluding hydrogens is 512 g/mol. The van der Waals surface area contributed by atoms with Crippen LogP contribution in [0.1, 0.15) is 17.2 Å².